The molecule has 1 aromatic carbocycles. The van der Waals surface area contributed by atoms with Crippen LogP contribution < -0.4 is 5.32 Å². The van der Waals surface area contributed by atoms with Gasteiger partial charge in [-0.25, -0.2) is 13.2 Å². The Morgan fingerprint density at radius 3 is 2.11 bits per heavy atom. The molecule has 0 aliphatic rings. The zero-order valence-electron chi connectivity index (χ0n) is 9.60. The number of rotatable bonds is 3. The first-order chi connectivity index (χ1) is 8.55. The molecule has 1 rings (SSSR count). The number of benzene rings is 1. The van der Waals surface area contributed by atoms with Gasteiger partial charge in [-0.05, 0) is 19.1 Å². The fraction of sp³-hybridized carbons (Fsp3) is 0.300. The number of hydrogen-bond acceptors (Lipinski definition) is 3. The Bertz CT molecular complexity index is 565. The second-order valence-corrected chi connectivity index (χ2v) is 8.13. The highest BCUT2D eigenvalue weighted by molar-refractivity contribution is 7.92. The minimum absolute atomic E-state index is 0.136. The highest BCUT2D eigenvalue weighted by Gasteiger charge is 2.44. The largest absolute Gasteiger partial charge is 0.465 e. The normalized spacial score (nSPS) is 13.9. The van der Waals surface area contributed by atoms with Crippen molar-refractivity contribution in [2.24, 2.45) is 0 Å². The van der Waals surface area contributed by atoms with Gasteiger partial charge < -0.3 is 10.4 Å². The van der Waals surface area contributed by atoms with Crippen LogP contribution in [-0.2, 0) is 9.84 Å². The van der Waals surface area contributed by atoms with Crippen LogP contribution in [0, 0.1) is 6.92 Å². The predicted octanol–water partition coefficient (Wildman–Crippen LogP) is 2.73. The lowest BCUT2D eigenvalue weighted by molar-refractivity contribution is 0.193. The van der Waals surface area contributed by atoms with Gasteiger partial charge in [-0.15, -0.1) is 0 Å². The Morgan fingerprint density at radius 2 is 1.74 bits per heavy atom. The van der Waals surface area contributed by atoms with Gasteiger partial charge in [-0.2, -0.15) is 0 Å². The topological polar surface area (TPSA) is 83.5 Å². The lowest BCUT2D eigenvalue weighted by Crippen LogP contribution is -2.48. The molecule has 0 fully saturated rings. The number of carbonyl (C=O) groups is 1. The van der Waals surface area contributed by atoms with Crippen LogP contribution in [0.25, 0.3) is 0 Å². The molecule has 9 heteroatoms. The highest BCUT2D eigenvalue weighted by atomic mass is 35.6. The summed E-state index contributed by atoms with van der Waals surface area (Å²) in [6.45, 7) is 1.78. The average molecular weight is 347 g/mol. The molecule has 0 aliphatic carbocycles. The van der Waals surface area contributed by atoms with Crippen molar-refractivity contribution < 1.29 is 18.3 Å². The standard InChI is InChI=1S/C10H10Cl3NO4S/c1-6-2-4-7(5-3-6)19(17,18)8(10(11,12)13)14-9(15)16/h2-5,8,14H,1H3,(H,15,16). The van der Waals surface area contributed by atoms with Crippen LogP contribution in [0.2, 0.25) is 0 Å². The first-order valence-electron chi connectivity index (χ1n) is 4.92. The molecule has 0 heterocycles. The van der Waals surface area contributed by atoms with Crippen molar-refractivity contribution in [1.82, 2.24) is 5.32 Å². The molecule has 0 spiro atoms. The van der Waals surface area contributed by atoms with Crippen molar-refractivity contribution in [3.05, 3.63) is 29.8 Å². The Morgan fingerprint density at radius 1 is 1.26 bits per heavy atom. The minimum atomic E-state index is -4.16. The summed E-state index contributed by atoms with van der Waals surface area (Å²) >= 11 is 16.6. The first kappa shape index (κ1) is 16.4. The van der Waals surface area contributed by atoms with Gasteiger partial charge in [0, 0.05) is 0 Å². The molecule has 19 heavy (non-hydrogen) atoms. The zero-order valence-corrected chi connectivity index (χ0v) is 12.7. The molecule has 0 saturated heterocycles. The van der Waals surface area contributed by atoms with E-state index in [0.29, 0.717) is 0 Å². The molecule has 0 saturated carbocycles. The molecule has 0 aliphatic heterocycles. The molecule has 1 amide bonds. The summed E-state index contributed by atoms with van der Waals surface area (Å²) in [5.41, 5.74) is 0.843. The van der Waals surface area contributed by atoms with Gasteiger partial charge in [-0.1, -0.05) is 52.5 Å². The van der Waals surface area contributed by atoms with E-state index >= 15 is 0 Å². The average Bonchev–Trinajstić information content (AvgIpc) is 2.24. The third kappa shape index (κ3) is 4.14. The number of alkyl halides is 3. The number of hydrogen-bond donors (Lipinski definition) is 2. The van der Waals surface area contributed by atoms with E-state index in [1.165, 1.54) is 12.1 Å². The molecule has 0 aromatic heterocycles. The summed E-state index contributed by atoms with van der Waals surface area (Å²) in [6.07, 6.45) is -1.60. The summed E-state index contributed by atoms with van der Waals surface area (Å²) < 4.78 is 22.2. The number of carboxylic acid groups (broad SMARTS) is 1. The quantitative estimate of drug-likeness (QED) is 0.824. The highest BCUT2D eigenvalue weighted by Crippen LogP contribution is 2.35. The van der Waals surface area contributed by atoms with Gasteiger partial charge in [0.1, 0.15) is 0 Å². The van der Waals surface area contributed by atoms with E-state index in [-0.39, 0.29) is 4.90 Å². The maximum absolute atomic E-state index is 12.2. The van der Waals surface area contributed by atoms with E-state index in [2.05, 4.69) is 0 Å². The Balaban J connectivity index is 3.27. The van der Waals surface area contributed by atoms with Crippen molar-refractivity contribution >= 4 is 50.7 Å². The fourth-order valence-corrected chi connectivity index (χ4v) is 3.93. The maximum atomic E-state index is 12.2. The predicted molar refractivity (Wildman–Crippen MR) is 73.6 cm³/mol. The van der Waals surface area contributed by atoms with Crippen molar-refractivity contribution in [2.45, 2.75) is 21.0 Å². The molecule has 106 valence electrons. The van der Waals surface area contributed by atoms with Gasteiger partial charge in [-0.3, -0.25) is 0 Å². The molecule has 1 aromatic rings. The fourth-order valence-electron chi connectivity index (χ4n) is 1.31. The van der Waals surface area contributed by atoms with Crippen LogP contribution in [-0.4, -0.2) is 28.8 Å². The summed E-state index contributed by atoms with van der Waals surface area (Å²) in [7, 11) is -4.16. The smallest absolute Gasteiger partial charge is 0.405 e. The van der Waals surface area contributed by atoms with E-state index < -0.39 is 25.1 Å². The number of aryl methyl sites for hydroxylation is 1. The number of sulfone groups is 1. The monoisotopic (exact) mass is 345 g/mol. The molecule has 0 radical (unpaired) electrons. The van der Waals surface area contributed by atoms with E-state index in [4.69, 9.17) is 39.9 Å². The maximum Gasteiger partial charge on any atom is 0.405 e. The van der Waals surface area contributed by atoms with E-state index in [1.54, 1.807) is 24.4 Å². The van der Waals surface area contributed by atoms with Crippen molar-refractivity contribution in [3.8, 4) is 0 Å². The Labute approximate surface area is 125 Å². The van der Waals surface area contributed by atoms with Crippen molar-refractivity contribution in [1.29, 1.82) is 0 Å². The Kier molecular flexibility index (Phi) is 4.95. The van der Waals surface area contributed by atoms with Crippen LogP contribution in [0.4, 0.5) is 4.79 Å². The zero-order chi connectivity index (χ0) is 14.8. The van der Waals surface area contributed by atoms with Crippen LogP contribution in [0.15, 0.2) is 29.2 Å². The third-order valence-electron chi connectivity index (χ3n) is 2.21. The molecule has 0 bridgehead atoms. The summed E-state index contributed by atoms with van der Waals surface area (Å²) in [5.74, 6) is 0. The van der Waals surface area contributed by atoms with Gasteiger partial charge in [0.25, 0.3) is 0 Å². The second kappa shape index (κ2) is 5.75. The van der Waals surface area contributed by atoms with Gasteiger partial charge >= 0.3 is 6.09 Å². The number of halogens is 3. The van der Waals surface area contributed by atoms with E-state index in [1.807, 2.05) is 0 Å². The van der Waals surface area contributed by atoms with Gasteiger partial charge in [0.05, 0.1) is 4.90 Å². The van der Waals surface area contributed by atoms with Gasteiger partial charge in [0.15, 0.2) is 5.37 Å². The van der Waals surface area contributed by atoms with Crippen LogP contribution in [0.5, 0.6) is 0 Å². The van der Waals surface area contributed by atoms with Crippen LogP contribution in [0.3, 0.4) is 0 Å². The molecular formula is C10H10Cl3NO4S. The van der Waals surface area contributed by atoms with Gasteiger partial charge in [0.2, 0.25) is 13.6 Å². The molecule has 1 atom stereocenters. The van der Waals surface area contributed by atoms with Crippen molar-refractivity contribution in [3.63, 3.8) is 0 Å². The SMILES string of the molecule is Cc1ccc(S(=O)(=O)C(NC(=O)O)C(Cl)(Cl)Cl)cc1. The molecule has 1 unspecified atom stereocenters. The second-order valence-electron chi connectivity index (χ2n) is 3.73. The number of nitrogens with one attached hydrogen (secondary N) is 1. The Hall–Kier alpha value is -0.690. The lowest BCUT2D eigenvalue weighted by atomic mass is 10.2. The lowest BCUT2D eigenvalue weighted by Gasteiger charge is -2.24. The van der Waals surface area contributed by atoms with E-state index in [0.717, 1.165) is 5.56 Å². The summed E-state index contributed by atoms with van der Waals surface area (Å²) in [6, 6.07) is 5.75. The summed E-state index contributed by atoms with van der Waals surface area (Å²) in [5, 5.41) is 8.46. The molecule has 2 N–H and O–H groups in total. The molecule has 5 nitrogen and oxygen atoms in total. The van der Waals surface area contributed by atoms with Crippen LogP contribution >= 0.6 is 34.8 Å². The molecular weight excluding hydrogens is 337 g/mol. The minimum Gasteiger partial charge on any atom is -0.465 e. The van der Waals surface area contributed by atoms with Crippen LogP contribution in [0.1, 0.15) is 5.56 Å². The number of amides is 1. The van der Waals surface area contributed by atoms with E-state index in [9.17, 15) is 13.2 Å². The third-order valence-corrected chi connectivity index (χ3v) is 5.28. The summed E-state index contributed by atoms with van der Waals surface area (Å²) in [4.78, 5) is 10.5. The first-order valence-corrected chi connectivity index (χ1v) is 7.60. The van der Waals surface area contributed by atoms with Crippen molar-refractivity contribution in [2.75, 3.05) is 0 Å².